The van der Waals surface area contributed by atoms with Gasteiger partial charge in [0.1, 0.15) is 0 Å². The Hall–Kier alpha value is -0.160. The third-order valence-corrected chi connectivity index (χ3v) is 1.97. The Bertz CT molecular complexity index is 213. The lowest BCUT2D eigenvalue weighted by molar-refractivity contribution is 0.239. The maximum atomic E-state index is 5.25. The van der Waals surface area contributed by atoms with Crippen molar-refractivity contribution in [3.8, 4) is 5.19 Å². The highest BCUT2D eigenvalue weighted by molar-refractivity contribution is 9.11. The van der Waals surface area contributed by atoms with Crippen molar-refractivity contribution in [1.82, 2.24) is 10.2 Å². The zero-order valence-corrected chi connectivity index (χ0v) is 8.07. The van der Waals surface area contributed by atoms with Crippen molar-refractivity contribution in [1.29, 1.82) is 0 Å². The highest BCUT2D eigenvalue weighted by Gasteiger charge is 2.02. The molecule has 56 valence electrons. The van der Waals surface area contributed by atoms with E-state index in [-0.39, 0.29) is 6.10 Å². The van der Waals surface area contributed by atoms with Gasteiger partial charge in [0, 0.05) is 0 Å². The third-order valence-electron chi connectivity index (χ3n) is 0.718. The van der Waals surface area contributed by atoms with E-state index in [2.05, 4.69) is 26.1 Å². The molecule has 0 bridgehead atoms. The zero-order chi connectivity index (χ0) is 7.56. The summed E-state index contributed by atoms with van der Waals surface area (Å²) in [5, 5.41) is 8.10. The Morgan fingerprint density at radius 3 is 2.60 bits per heavy atom. The minimum absolute atomic E-state index is 0.167. The number of hydrogen-bond acceptors (Lipinski definition) is 4. The van der Waals surface area contributed by atoms with Crippen molar-refractivity contribution >= 4 is 27.3 Å². The second kappa shape index (κ2) is 3.30. The summed E-state index contributed by atoms with van der Waals surface area (Å²) in [6, 6.07) is 0. The molecular weight excluding hydrogens is 216 g/mol. The monoisotopic (exact) mass is 222 g/mol. The first-order valence-electron chi connectivity index (χ1n) is 2.84. The van der Waals surface area contributed by atoms with Crippen LogP contribution in [0.1, 0.15) is 13.8 Å². The number of aromatic nitrogens is 2. The van der Waals surface area contributed by atoms with Crippen LogP contribution in [-0.4, -0.2) is 16.3 Å². The smallest absolute Gasteiger partial charge is 0.295 e. The van der Waals surface area contributed by atoms with Crippen molar-refractivity contribution in [3.05, 3.63) is 3.92 Å². The summed E-state index contributed by atoms with van der Waals surface area (Å²) in [5.41, 5.74) is 0. The van der Waals surface area contributed by atoms with Crippen LogP contribution in [0.5, 0.6) is 5.19 Å². The topological polar surface area (TPSA) is 35.0 Å². The average Bonchev–Trinajstić information content (AvgIpc) is 2.13. The molecule has 1 rings (SSSR count). The van der Waals surface area contributed by atoms with Crippen LogP contribution < -0.4 is 4.74 Å². The highest BCUT2D eigenvalue weighted by atomic mass is 79.9. The number of nitrogens with zero attached hydrogens (tertiary/aromatic N) is 2. The molecule has 1 aromatic rings. The summed E-state index contributed by atoms with van der Waals surface area (Å²) in [5.74, 6) is 0. The SMILES string of the molecule is CC(C)Oc1nnc(Br)s1. The first kappa shape index (κ1) is 7.94. The minimum Gasteiger partial charge on any atom is -0.466 e. The summed E-state index contributed by atoms with van der Waals surface area (Å²) in [6.45, 7) is 3.91. The van der Waals surface area contributed by atoms with Gasteiger partial charge in [0.2, 0.25) is 0 Å². The van der Waals surface area contributed by atoms with Gasteiger partial charge < -0.3 is 4.74 Å². The maximum absolute atomic E-state index is 5.25. The number of hydrogen-bond donors (Lipinski definition) is 0. The predicted molar refractivity (Wildman–Crippen MR) is 43.4 cm³/mol. The van der Waals surface area contributed by atoms with Gasteiger partial charge in [-0.1, -0.05) is 5.10 Å². The van der Waals surface area contributed by atoms with Crippen LogP contribution >= 0.6 is 27.3 Å². The van der Waals surface area contributed by atoms with Crippen LogP contribution in [-0.2, 0) is 0 Å². The molecule has 0 aromatic carbocycles. The Labute approximate surface area is 71.6 Å². The van der Waals surface area contributed by atoms with Crippen molar-refractivity contribution in [2.75, 3.05) is 0 Å². The van der Waals surface area contributed by atoms with E-state index in [0.29, 0.717) is 5.19 Å². The molecule has 1 heterocycles. The lowest BCUT2D eigenvalue weighted by atomic mass is 10.5. The second-order valence-corrected chi connectivity index (χ2v) is 4.20. The molecule has 0 amide bonds. The average molecular weight is 223 g/mol. The molecule has 0 aliphatic heterocycles. The maximum Gasteiger partial charge on any atom is 0.295 e. The summed E-state index contributed by atoms with van der Waals surface area (Å²) in [7, 11) is 0. The van der Waals surface area contributed by atoms with E-state index in [1.165, 1.54) is 11.3 Å². The highest BCUT2D eigenvalue weighted by Crippen LogP contribution is 2.22. The molecular formula is C5H7BrN2OS. The third kappa shape index (κ3) is 2.22. The molecule has 0 radical (unpaired) electrons. The van der Waals surface area contributed by atoms with Gasteiger partial charge in [0.05, 0.1) is 6.10 Å². The Kier molecular flexibility index (Phi) is 2.62. The first-order valence-corrected chi connectivity index (χ1v) is 4.45. The Morgan fingerprint density at radius 2 is 2.20 bits per heavy atom. The van der Waals surface area contributed by atoms with Gasteiger partial charge in [-0.25, -0.2) is 0 Å². The van der Waals surface area contributed by atoms with E-state index >= 15 is 0 Å². The molecule has 5 heteroatoms. The van der Waals surface area contributed by atoms with Crippen molar-refractivity contribution < 1.29 is 4.74 Å². The number of rotatable bonds is 2. The van der Waals surface area contributed by atoms with Crippen LogP contribution in [0.4, 0.5) is 0 Å². The van der Waals surface area contributed by atoms with Crippen LogP contribution in [0, 0.1) is 0 Å². The van der Waals surface area contributed by atoms with Gasteiger partial charge in [-0.15, -0.1) is 5.10 Å². The summed E-state index contributed by atoms with van der Waals surface area (Å²) in [6.07, 6.45) is 0.167. The molecule has 10 heavy (non-hydrogen) atoms. The van der Waals surface area contributed by atoms with E-state index in [1.54, 1.807) is 0 Å². The van der Waals surface area contributed by atoms with E-state index in [1.807, 2.05) is 13.8 Å². The Balaban J connectivity index is 2.58. The molecule has 0 spiro atoms. The van der Waals surface area contributed by atoms with Crippen molar-refractivity contribution in [3.63, 3.8) is 0 Å². The standard InChI is InChI=1S/C5H7BrN2OS/c1-3(2)9-5-8-7-4(6)10-5/h3H,1-2H3. The van der Waals surface area contributed by atoms with E-state index < -0.39 is 0 Å². The van der Waals surface area contributed by atoms with Crippen molar-refractivity contribution in [2.24, 2.45) is 0 Å². The molecule has 0 atom stereocenters. The summed E-state index contributed by atoms with van der Waals surface area (Å²) >= 11 is 4.58. The van der Waals surface area contributed by atoms with Gasteiger partial charge in [-0.3, -0.25) is 0 Å². The summed E-state index contributed by atoms with van der Waals surface area (Å²) < 4.78 is 6.00. The molecule has 0 aliphatic rings. The van der Waals surface area contributed by atoms with Gasteiger partial charge in [-0.05, 0) is 41.1 Å². The fraction of sp³-hybridized carbons (Fsp3) is 0.600. The van der Waals surface area contributed by atoms with Crippen LogP contribution in [0.15, 0.2) is 3.92 Å². The number of halogens is 1. The van der Waals surface area contributed by atoms with Gasteiger partial charge in [0.15, 0.2) is 3.92 Å². The van der Waals surface area contributed by atoms with Crippen LogP contribution in [0.2, 0.25) is 0 Å². The van der Waals surface area contributed by atoms with Crippen molar-refractivity contribution in [2.45, 2.75) is 20.0 Å². The molecule has 0 saturated heterocycles. The van der Waals surface area contributed by atoms with E-state index in [0.717, 1.165) is 3.92 Å². The molecule has 3 nitrogen and oxygen atoms in total. The molecule has 1 aromatic heterocycles. The van der Waals surface area contributed by atoms with E-state index in [9.17, 15) is 0 Å². The molecule has 0 saturated carbocycles. The lowest BCUT2D eigenvalue weighted by Crippen LogP contribution is -2.04. The van der Waals surface area contributed by atoms with Crippen LogP contribution in [0.3, 0.4) is 0 Å². The van der Waals surface area contributed by atoms with Gasteiger partial charge in [0.25, 0.3) is 5.19 Å². The van der Waals surface area contributed by atoms with Gasteiger partial charge in [-0.2, -0.15) is 0 Å². The quantitative estimate of drug-likeness (QED) is 0.769. The molecule has 0 unspecified atom stereocenters. The molecule has 0 aliphatic carbocycles. The fourth-order valence-electron chi connectivity index (χ4n) is 0.442. The molecule has 0 N–H and O–H groups in total. The molecule has 0 fully saturated rings. The van der Waals surface area contributed by atoms with Gasteiger partial charge >= 0.3 is 0 Å². The number of ether oxygens (including phenoxy) is 1. The van der Waals surface area contributed by atoms with E-state index in [4.69, 9.17) is 4.74 Å². The largest absolute Gasteiger partial charge is 0.466 e. The fourth-order valence-corrected chi connectivity index (χ4v) is 1.48. The Morgan fingerprint density at radius 1 is 1.50 bits per heavy atom. The first-order chi connectivity index (χ1) is 4.68. The normalized spacial score (nSPS) is 10.4. The minimum atomic E-state index is 0.167. The lowest BCUT2D eigenvalue weighted by Gasteiger charge is -2.02. The zero-order valence-electron chi connectivity index (χ0n) is 5.67. The second-order valence-electron chi connectivity index (χ2n) is 1.99. The predicted octanol–water partition coefficient (Wildman–Crippen LogP) is 2.09. The van der Waals surface area contributed by atoms with Crippen LogP contribution in [0.25, 0.3) is 0 Å². The summed E-state index contributed by atoms with van der Waals surface area (Å²) in [4.78, 5) is 0.